The number of carbonyl (C=O) groups is 1. The van der Waals surface area contributed by atoms with Gasteiger partial charge in [-0.1, -0.05) is 41.6 Å². The number of benzene rings is 2. The van der Waals surface area contributed by atoms with E-state index < -0.39 is 5.41 Å². The van der Waals surface area contributed by atoms with Crippen molar-refractivity contribution in [3.05, 3.63) is 71.5 Å². The van der Waals surface area contributed by atoms with Crippen LogP contribution in [0.3, 0.4) is 0 Å². The molecule has 2 aromatic carbocycles. The zero-order valence-electron chi connectivity index (χ0n) is 23.2. The van der Waals surface area contributed by atoms with E-state index in [2.05, 4.69) is 49.7 Å². The average Bonchev–Trinajstić information content (AvgIpc) is 3.44. The molecule has 2 bridgehead atoms. The van der Waals surface area contributed by atoms with Gasteiger partial charge in [-0.25, -0.2) is 0 Å². The number of hydrogen-bond acceptors (Lipinski definition) is 7. The van der Waals surface area contributed by atoms with Crippen LogP contribution in [0.15, 0.2) is 54.7 Å². The summed E-state index contributed by atoms with van der Waals surface area (Å²) in [6, 6.07) is 16.5. The second kappa shape index (κ2) is 12.0. The van der Waals surface area contributed by atoms with E-state index in [1.165, 1.54) is 11.3 Å². The number of aliphatic hydroxyl groups excluding tert-OH is 1. The summed E-state index contributed by atoms with van der Waals surface area (Å²) in [7, 11) is 0. The van der Waals surface area contributed by atoms with E-state index in [0.29, 0.717) is 13.2 Å². The molecule has 2 N–H and O–H groups in total. The minimum Gasteiger partial charge on any atom is -0.487 e. The Balaban J connectivity index is 1.15. The van der Waals surface area contributed by atoms with Crippen molar-refractivity contribution in [1.82, 2.24) is 25.2 Å². The second-order valence-electron chi connectivity index (χ2n) is 11.6. The van der Waals surface area contributed by atoms with E-state index in [9.17, 15) is 9.90 Å². The number of anilines is 1. The molecule has 2 fully saturated rings. The molecule has 0 radical (unpaired) electrons. The molecule has 0 saturated carbocycles. The summed E-state index contributed by atoms with van der Waals surface area (Å²) in [6.45, 7) is 5.96. The molecule has 1 aromatic heterocycles. The van der Waals surface area contributed by atoms with E-state index in [4.69, 9.17) is 4.74 Å². The van der Waals surface area contributed by atoms with Gasteiger partial charge in [-0.3, -0.25) is 14.4 Å². The van der Waals surface area contributed by atoms with Crippen LogP contribution in [0.1, 0.15) is 55.3 Å². The average molecular weight is 545 g/mol. The molecule has 9 heteroatoms. The highest BCUT2D eigenvalue weighted by atomic mass is 16.5. The van der Waals surface area contributed by atoms with Gasteiger partial charge in [0.2, 0.25) is 5.91 Å². The third-order valence-corrected chi connectivity index (χ3v) is 8.90. The lowest BCUT2D eigenvalue weighted by Gasteiger charge is -2.41. The van der Waals surface area contributed by atoms with Crippen LogP contribution in [0.4, 0.5) is 5.69 Å². The van der Waals surface area contributed by atoms with Crippen LogP contribution in [-0.4, -0.2) is 63.2 Å². The molecule has 1 amide bonds. The number of carbonyl (C=O) groups excluding carboxylic acids is 1. The fourth-order valence-corrected chi connectivity index (χ4v) is 6.43. The highest BCUT2D eigenvalue weighted by molar-refractivity contribution is 5.82. The largest absolute Gasteiger partial charge is 0.487 e. The summed E-state index contributed by atoms with van der Waals surface area (Å²) in [4.78, 5) is 18.7. The monoisotopic (exact) mass is 544 g/mol. The third kappa shape index (κ3) is 6.00. The first-order chi connectivity index (χ1) is 19.6. The standard InChI is InChI=1S/C31H40N6O3/c38-27-10-16-36(17-11-27)28-8-3-1-7-25(28)21-35-18-13-31(14-19-35)12-5-15-37-22-26(33-34-37)23-40-29-9-4-2-6-24(29)20-32-30(31)39/h1-4,6-9,22,27,38H,5,10-21,23H2,(H,32,39). The van der Waals surface area contributed by atoms with Crippen molar-refractivity contribution in [3.63, 3.8) is 0 Å². The van der Waals surface area contributed by atoms with E-state index >= 15 is 0 Å². The first-order valence-electron chi connectivity index (χ1n) is 14.7. The molecule has 1 spiro atoms. The Bertz CT molecular complexity index is 1290. The zero-order chi connectivity index (χ0) is 27.4. The van der Waals surface area contributed by atoms with Gasteiger partial charge in [0, 0.05) is 44.0 Å². The lowest BCUT2D eigenvalue weighted by atomic mass is 9.73. The van der Waals surface area contributed by atoms with Gasteiger partial charge in [0.1, 0.15) is 18.1 Å². The number of likely N-dealkylation sites (tertiary alicyclic amines) is 1. The molecule has 0 atom stereocenters. The van der Waals surface area contributed by atoms with Crippen molar-refractivity contribution in [2.45, 2.75) is 70.9 Å². The van der Waals surface area contributed by atoms with Gasteiger partial charge in [0.05, 0.1) is 17.7 Å². The van der Waals surface area contributed by atoms with Gasteiger partial charge in [-0.2, -0.15) is 0 Å². The Morgan fingerprint density at radius 3 is 2.60 bits per heavy atom. The quantitative estimate of drug-likeness (QED) is 0.521. The minimum absolute atomic E-state index is 0.144. The Morgan fingerprint density at radius 1 is 0.975 bits per heavy atom. The van der Waals surface area contributed by atoms with Crippen LogP contribution < -0.4 is 15.0 Å². The molecule has 4 heterocycles. The summed E-state index contributed by atoms with van der Waals surface area (Å²) in [5, 5.41) is 21.8. The van der Waals surface area contributed by atoms with Gasteiger partial charge >= 0.3 is 0 Å². The highest BCUT2D eigenvalue weighted by Crippen LogP contribution is 2.38. The predicted molar refractivity (Wildman–Crippen MR) is 153 cm³/mol. The number of amides is 1. The number of nitrogens with zero attached hydrogens (tertiary/aromatic N) is 5. The Kier molecular flexibility index (Phi) is 8.02. The lowest BCUT2D eigenvalue weighted by Crippen LogP contribution is -2.48. The maximum absolute atomic E-state index is 13.8. The minimum atomic E-state index is -0.400. The molecule has 2 saturated heterocycles. The summed E-state index contributed by atoms with van der Waals surface area (Å²) in [5.41, 5.74) is 3.97. The van der Waals surface area contributed by atoms with Crippen molar-refractivity contribution in [3.8, 4) is 5.75 Å². The molecule has 9 nitrogen and oxygen atoms in total. The van der Waals surface area contributed by atoms with Crippen LogP contribution in [0, 0.1) is 5.41 Å². The van der Waals surface area contributed by atoms with Crippen LogP contribution >= 0.6 is 0 Å². The van der Waals surface area contributed by atoms with Crippen LogP contribution in [0.25, 0.3) is 0 Å². The first-order valence-corrected chi connectivity index (χ1v) is 14.7. The number of hydrogen-bond donors (Lipinski definition) is 2. The highest BCUT2D eigenvalue weighted by Gasteiger charge is 2.41. The molecule has 212 valence electrons. The van der Waals surface area contributed by atoms with Gasteiger partial charge in [-0.05, 0) is 69.3 Å². The van der Waals surface area contributed by atoms with Crippen molar-refractivity contribution in [2.75, 3.05) is 31.1 Å². The lowest BCUT2D eigenvalue weighted by molar-refractivity contribution is -0.135. The van der Waals surface area contributed by atoms with Gasteiger partial charge in [-0.15, -0.1) is 5.10 Å². The molecule has 3 aliphatic heterocycles. The van der Waals surface area contributed by atoms with Gasteiger partial charge in [0.15, 0.2) is 0 Å². The maximum atomic E-state index is 13.8. The molecule has 3 aliphatic rings. The Hall–Kier alpha value is -3.43. The normalized spacial score (nSPS) is 20.8. The van der Waals surface area contributed by atoms with Crippen LogP contribution in [0.2, 0.25) is 0 Å². The number of aromatic nitrogens is 3. The van der Waals surface area contributed by atoms with Crippen molar-refractivity contribution < 1.29 is 14.6 Å². The smallest absolute Gasteiger partial charge is 0.226 e. The number of piperidine rings is 2. The number of aliphatic hydroxyl groups is 1. The Labute approximate surface area is 236 Å². The number of aryl methyl sites for hydroxylation is 1. The van der Waals surface area contributed by atoms with Crippen LogP contribution in [0.5, 0.6) is 5.75 Å². The van der Waals surface area contributed by atoms with Crippen molar-refractivity contribution in [2.24, 2.45) is 5.41 Å². The predicted octanol–water partition coefficient (Wildman–Crippen LogP) is 3.51. The Morgan fingerprint density at radius 2 is 1.75 bits per heavy atom. The molecule has 40 heavy (non-hydrogen) atoms. The SMILES string of the molecule is O=C1NCc2ccccc2OCc2cn(nn2)CCCC12CCN(Cc1ccccc1N1CCC(O)CC1)CC2. The van der Waals surface area contributed by atoms with E-state index in [0.717, 1.165) is 94.8 Å². The van der Waals surface area contributed by atoms with Gasteiger partial charge in [0.25, 0.3) is 0 Å². The summed E-state index contributed by atoms with van der Waals surface area (Å²) < 4.78 is 7.91. The number of para-hydroxylation sites is 2. The fourth-order valence-electron chi connectivity index (χ4n) is 6.43. The van der Waals surface area contributed by atoms with Crippen LogP contribution in [-0.2, 0) is 31.0 Å². The number of ether oxygens (including phenoxy) is 1. The van der Waals surface area contributed by atoms with Gasteiger partial charge < -0.3 is 20.1 Å². The molecular weight excluding hydrogens is 504 g/mol. The summed E-state index contributed by atoms with van der Waals surface area (Å²) >= 11 is 0. The van der Waals surface area contributed by atoms with Crippen molar-refractivity contribution in [1.29, 1.82) is 0 Å². The molecule has 6 rings (SSSR count). The number of nitrogens with one attached hydrogen (secondary N) is 1. The molecular formula is C31H40N6O3. The summed E-state index contributed by atoms with van der Waals surface area (Å²) in [6.07, 6.45) is 6.77. The number of fused-ring (bicyclic) bond motifs is 3. The molecule has 0 aliphatic carbocycles. The molecule has 3 aromatic rings. The second-order valence-corrected chi connectivity index (χ2v) is 11.6. The van der Waals surface area contributed by atoms with E-state index in [1.54, 1.807) is 0 Å². The maximum Gasteiger partial charge on any atom is 0.226 e. The van der Waals surface area contributed by atoms with E-state index in [1.807, 2.05) is 35.1 Å². The molecule has 0 unspecified atom stereocenters. The first kappa shape index (κ1) is 26.8. The third-order valence-electron chi connectivity index (χ3n) is 8.90. The fraction of sp³-hybridized carbons (Fsp3) is 0.516. The zero-order valence-corrected chi connectivity index (χ0v) is 23.2. The number of rotatable bonds is 3. The summed E-state index contributed by atoms with van der Waals surface area (Å²) in [5.74, 6) is 0.908. The van der Waals surface area contributed by atoms with E-state index in [-0.39, 0.29) is 12.0 Å². The topological polar surface area (TPSA) is 95.7 Å². The van der Waals surface area contributed by atoms with Crippen molar-refractivity contribution >= 4 is 11.6 Å².